The van der Waals surface area contributed by atoms with Crippen LogP contribution in [0.1, 0.15) is 17.3 Å². The molecule has 0 radical (unpaired) electrons. The molecule has 1 atom stereocenters. The molecule has 16 heavy (non-hydrogen) atoms. The maximum Gasteiger partial charge on any atom is 0.328 e. The van der Waals surface area contributed by atoms with E-state index in [0.717, 1.165) is 0 Å². The van der Waals surface area contributed by atoms with Crippen LogP contribution >= 0.6 is 0 Å². The zero-order chi connectivity index (χ0) is 12.1. The third kappa shape index (κ3) is 2.69. The first kappa shape index (κ1) is 12.0. The highest BCUT2D eigenvalue weighted by atomic mass is 16.5. The lowest BCUT2D eigenvalue weighted by Crippen LogP contribution is -2.39. The van der Waals surface area contributed by atoms with E-state index in [-0.39, 0.29) is 11.4 Å². The predicted molar refractivity (Wildman–Crippen MR) is 57.6 cm³/mol. The Morgan fingerprint density at radius 3 is 2.81 bits per heavy atom. The fourth-order valence-electron chi connectivity index (χ4n) is 1.12. The molecule has 0 spiro atoms. The van der Waals surface area contributed by atoms with E-state index in [1.54, 1.807) is 6.07 Å². The summed E-state index contributed by atoms with van der Waals surface area (Å²) in [5.41, 5.74) is 5.75. The molecular formula is C10H13N3O3. The molecule has 0 fully saturated rings. The highest BCUT2D eigenvalue weighted by Gasteiger charge is 2.18. The fourth-order valence-corrected chi connectivity index (χ4v) is 1.12. The number of aromatic nitrogens is 1. The molecule has 0 bridgehead atoms. The Balaban J connectivity index is 2.73. The summed E-state index contributed by atoms with van der Waals surface area (Å²) in [7, 11) is 1.25. The second-order valence-electron chi connectivity index (χ2n) is 3.15. The van der Waals surface area contributed by atoms with E-state index < -0.39 is 17.9 Å². The van der Waals surface area contributed by atoms with Gasteiger partial charge in [-0.25, -0.2) is 9.78 Å². The van der Waals surface area contributed by atoms with Gasteiger partial charge in [0.15, 0.2) is 0 Å². The number of carbonyl (C=O) groups is 2. The van der Waals surface area contributed by atoms with Crippen molar-refractivity contribution in [1.29, 1.82) is 0 Å². The van der Waals surface area contributed by atoms with Gasteiger partial charge in [0, 0.05) is 6.20 Å². The van der Waals surface area contributed by atoms with Crippen LogP contribution in [-0.4, -0.2) is 30.0 Å². The lowest BCUT2D eigenvalue weighted by atomic mass is 10.2. The van der Waals surface area contributed by atoms with Gasteiger partial charge in [-0.15, -0.1) is 0 Å². The normalized spacial score (nSPS) is 11.6. The number of nitrogens with one attached hydrogen (secondary N) is 1. The summed E-state index contributed by atoms with van der Waals surface area (Å²) in [4.78, 5) is 26.5. The Labute approximate surface area is 92.8 Å². The molecule has 1 aromatic heterocycles. The number of hydrogen-bond acceptors (Lipinski definition) is 5. The summed E-state index contributed by atoms with van der Waals surface area (Å²) in [5.74, 6) is -0.851. The third-order valence-corrected chi connectivity index (χ3v) is 1.99. The highest BCUT2D eigenvalue weighted by molar-refractivity contribution is 6.00. The van der Waals surface area contributed by atoms with E-state index in [2.05, 4.69) is 15.0 Å². The second kappa shape index (κ2) is 5.11. The van der Waals surface area contributed by atoms with Crippen LogP contribution in [0.3, 0.4) is 0 Å². The van der Waals surface area contributed by atoms with Crippen LogP contribution in [-0.2, 0) is 9.53 Å². The SMILES string of the molecule is COC(=O)C(C)NC(=O)c1cccnc1N. The van der Waals surface area contributed by atoms with E-state index in [9.17, 15) is 9.59 Å². The zero-order valence-electron chi connectivity index (χ0n) is 9.06. The molecule has 1 aromatic rings. The first-order chi connectivity index (χ1) is 7.56. The number of rotatable bonds is 3. The number of nitrogen functional groups attached to an aromatic ring is 1. The molecule has 6 nitrogen and oxygen atoms in total. The Morgan fingerprint density at radius 2 is 2.25 bits per heavy atom. The molecule has 0 aliphatic rings. The number of nitrogens with zero attached hydrogens (tertiary/aromatic N) is 1. The minimum Gasteiger partial charge on any atom is -0.467 e. The summed E-state index contributed by atoms with van der Waals surface area (Å²) < 4.78 is 4.48. The Morgan fingerprint density at radius 1 is 1.56 bits per heavy atom. The van der Waals surface area contributed by atoms with Gasteiger partial charge in [0.05, 0.1) is 12.7 Å². The van der Waals surface area contributed by atoms with Crippen LogP contribution < -0.4 is 11.1 Å². The number of ether oxygens (including phenoxy) is 1. The minimum atomic E-state index is -0.725. The number of anilines is 1. The summed E-state index contributed by atoms with van der Waals surface area (Å²) in [6.07, 6.45) is 1.48. The van der Waals surface area contributed by atoms with Gasteiger partial charge in [0.2, 0.25) is 0 Å². The number of methoxy groups -OCH3 is 1. The van der Waals surface area contributed by atoms with Gasteiger partial charge in [-0.2, -0.15) is 0 Å². The van der Waals surface area contributed by atoms with Crippen LogP contribution in [0.5, 0.6) is 0 Å². The van der Waals surface area contributed by atoms with Crippen molar-refractivity contribution in [2.24, 2.45) is 0 Å². The van der Waals surface area contributed by atoms with Gasteiger partial charge < -0.3 is 15.8 Å². The molecule has 1 rings (SSSR count). The average molecular weight is 223 g/mol. The smallest absolute Gasteiger partial charge is 0.328 e. The van der Waals surface area contributed by atoms with E-state index in [1.807, 2.05) is 0 Å². The van der Waals surface area contributed by atoms with Crippen LogP contribution in [0.15, 0.2) is 18.3 Å². The van der Waals surface area contributed by atoms with Gasteiger partial charge >= 0.3 is 5.97 Å². The molecule has 0 aliphatic carbocycles. The van der Waals surface area contributed by atoms with Crippen molar-refractivity contribution in [1.82, 2.24) is 10.3 Å². The summed E-state index contributed by atoms with van der Waals surface area (Å²) >= 11 is 0. The highest BCUT2D eigenvalue weighted by Crippen LogP contribution is 2.06. The third-order valence-electron chi connectivity index (χ3n) is 1.99. The standard InChI is InChI=1S/C10H13N3O3/c1-6(10(15)16-2)13-9(14)7-4-3-5-12-8(7)11/h3-6H,1-2H3,(H2,11,12)(H,13,14). The lowest BCUT2D eigenvalue weighted by Gasteiger charge is -2.11. The zero-order valence-corrected chi connectivity index (χ0v) is 9.06. The average Bonchev–Trinajstić information content (AvgIpc) is 2.28. The molecule has 86 valence electrons. The van der Waals surface area contributed by atoms with E-state index >= 15 is 0 Å². The van der Waals surface area contributed by atoms with E-state index in [4.69, 9.17) is 5.73 Å². The first-order valence-electron chi connectivity index (χ1n) is 4.65. The molecule has 0 aliphatic heterocycles. The number of esters is 1. The maximum absolute atomic E-state index is 11.7. The number of nitrogens with two attached hydrogens (primary N) is 1. The van der Waals surface area contributed by atoms with Crippen molar-refractivity contribution in [2.75, 3.05) is 12.8 Å². The summed E-state index contributed by atoms with van der Waals surface area (Å²) in [6.45, 7) is 1.52. The Kier molecular flexibility index (Phi) is 3.82. The topological polar surface area (TPSA) is 94.3 Å². The van der Waals surface area contributed by atoms with Crippen molar-refractivity contribution < 1.29 is 14.3 Å². The molecule has 0 saturated carbocycles. The number of pyridine rings is 1. The first-order valence-corrected chi connectivity index (χ1v) is 4.65. The van der Waals surface area contributed by atoms with E-state index in [1.165, 1.54) is 26.3 Å². The Hall–Kier alpha value is -2.11. The molecule has 1 amide bonds. The molecule has 1 heterocycles. The predicted octanol–water partition coefficient (Wildman–Crippen LogP) is -0.0449. The van der Waals surface area contributed by atoms with Crippen LogP contribution in [0, 0.1) is 0 Å². The molecule has 6 heteroatoms. The van der Waals surface area contributed by atoms with Gasteiger partial charge in [-0.05, 0) is 19.1 Å². The molecular weight excluding hydrogens is 210 g/mol. The van der Waals surface area contributed by atoms with Crippen LogP contribution in [0.25, 0.3) is 0 Å². The van der Waals surface area contributed by atoms with Crippen LogP contribution in [0.2, 0.25) is 0 Å². The summed E-state index contributed by atoms with van der Waals surface area (Å²) in [6, 6.07) is 2.40. The second-order valence-corrected chi connectivity index (χ2v) is 3.15. The van der Waals surface area contributed by atoms with Crippen molar-refractivity contribution in [3.8, 4) is 0 Å². The maximum atomic E-state index is 11.7. The van der Waals surface area contributed by atoms with Crippen LogP contribution in [0.4, 0.5) is 5.82 Å². The van der Waals surface area contributed by atoms with Crippen molar-refractivity contribution in [3.05, 3.63) is 23.9 Å². The molecule has 1 unspecified atom stereocenters. The molecule has 3 N–H and O–H groups in total. The lowest BCUT2D eigenvalue weighted by molar-refractivity contribution is -0.142. The van der Waals surface area contributed by atoms with Gasteiger partial charge in [0.1, 0.15) is 11.9 Å². The summed E-state index contributed by atoms with van der Waals surface area (Å²) in [5, 5.41) is 2.45. The van der Waals surface area contributed by atoms with Crippen molar-refractivity contribution in [2.45, 2.75) is 13.0 Å². The van der Waals surface area contributed by atoms with Gasteiger partial charge in [-0.3, -0.25) is 4.79 Å². The largest absolute Gasteiger partial charge is 0.467 e. The number of carbonyl (C=O) groups excluding carboxylic acids is 2. The quantitative estimate of drug-likeness (QED) is 0.701. The minimum absolute atomic E-state index is 0.122. The number of amides is 1. The van der Waals surface area contributed by atoms with E-state index in [0.29, 0.717) is 0 Å². The Bertz CT molecular complexity index is 406. The molecule has 0 saturated heterocycles. The van der Waals surface area contributed by atoms with Crippen molar-refractivity contribution >= 4 is 17.7 Å². The number of hydrogen-bond donors (Lipinski definition) is 2. The fraction of sp³-hybridized carbons (Fsp3) is 0.300. The van der Waals surface area contributed by atoms with Crippen molar-refractivity contribution in [3.63, 3.8) is 0 Å². The monoisotopic (exact) mass is 223 g/mol. The van der Waals surface area contributed by atoms with Gasteiger partial charge in [-0.1, -0.05) is 0 Å². The molecule has 0 aromatic carbocycles. The van der Waals surface area contributed by atoms with Gasteiger partial charge in [0.25, 0.3) is 5.91 Å².